The fourth-order valence-corrected chi connectivity index (χ4v) is 3.41. The van der Waals surface area contributed by atoms with Crippen LogP contribution >= 0.6 is 11.3 Å². The maximum Gasteiger partial charge on any atom is 0.186 e. The molecule has 1 fully saturated rings. The molecule has 1 aromatic carbocycles. The van der Waals surface area contributed by atoms with Crippen molar-refractivity contribution >= 4 is 37.8 Å². The molecule has 1 saturated heterocycles. The van der Waals surface area contributed by atoms with Gasteiger partial charge in [0.2, 0.25) is 0 Å². The Kier molecular flexibility index (Phi) is 3.29. The highest BCUT2D eigenvalue weighted by atomic mass is 32.2. The Labute approximate surface area is 111 Å². The first-order valence-corrected chi connectivity index (χ1v) is 7.50. The Hall–Kier alpha value is -1.02. The van der Waals surface area contributed by atoms with E-state index in [0.717, 1.165) is 15.3 Å². The van der Waals surface area contributed by atoms with Gasteiger partial charge in [-0.3, -0.25) is 4.21 Å². The van der Waals surface area contributed by atoms with Gasteiger partial charge in [-0.05, 0) is 23.2 Å². The normalized spacial score (nSPS) is 22.3. The Morgan fingerprint density at radius 1 is 1.50 bits per heavy atom. The standard InChI is InChI=1S/C11H12N2O3S2/c14-18(15)10-7-13(5-6-16-10)11-12-8-3-1-2-4-9(8)17-11/h1-4,10H,5-7H2,(H,14,15)/p-1. The minimum atomic E-state index is -2.20. The van der Waals surface area contributed by atoms with Crippen molar-refractivity contribution in [3.63, 3.8) is 0 Å². The van der Waals surface area contributed by atoms with Crippen LogP contribution < -0.4 is 4.90 Å². The largest absolute Gasteiger partial charge is 0.770 e. The molecule has 7 heteroatoms. The summed E-state index contributed by atoms with van der Waals surface area (Å²) in [5, 5.41) is 0.856. The van der Waals surface area contributed by atoms with Gasteiger partial charge in [0, 0.05) is 6.54 Å². The van der Waals surface area contributed by atoms with Crippen molar-refractivity contribution in [2.24, 2.45) is 0 Å². The summed E-state index contributed by atoms with van der Waals surface area (Å²) >= 11 is -0.625. The number of hydrogen-bond donors (Lipinski definition) is 0. The van der Waals surface area contributed by atoms with E-state index in [4.69, 9.17) is 4.74 Å². The zero-order valence-corrected chi connectivity index (χ0v) is 11.1. The highest BCUT2D eigenvalue weighted by Gasteiger charge is 2.23. The van der Waals surface area contributed by atoms with E-state index in [1.807, 2.05) is 29.2 Å². The predicted molar refractivity (Wildman–Crippen MR) is 70.5 cm³/mol. The molecule has 2 aromatic rings. The second-order valence-electron chi connectivity index (χ2n) is 3.97. The second kappa shape index (κ2) is 4.93. The fourth-order valence-electron chi connectivity index (χ4n) is 1.90. The molecule has 2 heterocycles. The molecule has 1 aliphatic rings. The zero-order valence-electron chi connectivity index (χ0n) is 9.44. The summed E-state index contributed by atoms with van der Waals surface area (Å²) < 4.78 is 28.2. The first-order chi connectivity index (χ1) is 8.74. The summed E-state index contributed by atoms with van der Waals surface area (Å²) in [6, 6.07) is 7.89. The summed E-state index contributed by atoms with van der Waals surface area (Å²) in [5.74, 6) is 0. The van der Waals surface area contributed by atoms with E-state index in [1.54, 1.807) is 11.3 Å². The quantitative estimate of drug-likeness (QED) is 0.778. The van der Waals surface area contributed by atoms with Crippen molar-refractivity contribution in [2.45, 2.75) is 5.44 Å². The van der Waals surface area contributed by atoms with Crippen LogP contribution in [0.5, 0.6) is 0 Å². The molecule has 0 N–H and O–H groups in total. The number of ether oxygens (including phenoxy) is 1. The molecule has 2 atom stereocenters. The number of fused-ring (bicyclic) bond motifs is 1. The third-order valence-electron chi connectivity index (χ3n) is 2.80. The Bertz CT molecular complexity index is 553. The molecule has 5 nitrogen and oxygen atoms in total. The molecular weight excluding hydrogens is 272 g/mol. The lowest BCUT2D eigenvalue weighted by atomic mass is 10.3. The van der Waals surface area contributed by atoms with Gasteiger partial charge in [-0.1, -0.05) is 23.5 Å². The number of nitrogens with zero attached hydrogens (tertiary/aromatic N) is 2. The highest BCUT2D eigenvalue weighted by molar-refractivity contribution is 7.79. The van der Waals surface area contributed by atoms with Gasteiger partial charge in [-0.15, -0.1) is 0 Å². The molecule has 2 unspecified atom stereocenters. The van der Waals surface area contributed by atoms with Crippen molar-refractivity contribution in [1.29, 1.82) is 0 Å². The van der Waals surface area contributed by atoms with Crippen molar-refractivity contribution < 1.29 is 13.5 Å². The minimum absolute atomic E-state index is 0.343. The molecule has 1 aromatic heterocycles. The van der Waals surface area contributed by atoms with E-state index in [0.29, 0.717) is 19.7 Å². The van der Waals surface area contributed by atoms with Crippen molar-refractivity contribution in [2.75, 3.05) is 24.6 Å². The average molecular weight is 283 g/mol. The number of benzene rings is 1. The first-order valence-electron chi connectivity index (χ1n) is 5.54. The fraction of sp³-hybridized carbons (Fsp3) is 0.364. The maximum absolute atomic E-state index is 10.9. The van der Waals surface area contributed by atoms with Gasteiger partial charge >= 0.3 is 0 Å². The van der Waals surface area contributed by atoms with Crippen LogP contribution in [-0.2, 0) is 15.8 Å². The molecule has 0 amide bonds. The van der Waals surface area contributed by atoms with Crippen molar-refractivity contribution in [3.8, 4) is 0 Å². The van der Waals surface area contributed by atoms with E-state index in [9.17, 15) is 8.76 Å². The first kappa shape index (κ1) is 12.0. The highest BCUT2D eigenvalue weighted by Crippen LogP contribution is 2.29. The van der Waals surface area contributed by atoms with Crippen molar-refractivity contribution in [1.82, 2.24) is 4.98 Å². The molecule has 1 aliphatic heterocycles. The number of para-hydroxylation sites is 1. The SMILES string of the molecule is O=S([O-])C1CN(c2nc3ccccc3s2)CCO1. The van der Waals surface area contributed by atoms with E-state index in [1.165, 1.54) is 0 Å². The topological polar surface area (TPSA) is 65.5 Å². The summed E-state index contributed by atoms with van der Waals surface area (Å²) in [4.78, 5) is 6.48. The van der Waals surface area contributed by atoms with E-state index < -0.39 is 16.5 Å². The molecule has 0 bridgehead atoms. The number of rotatable bonds is 2. The lowest BCUT2D eigenvalue weighted by Gasteiger charge is -2.33. The van der Waals surface area contributed by atoms with Crippen LogP contribution in [0.1, 0.15) is 0 Å². The van der Waals surface area contributed by atoms with Crippen LogP contribution in [0.2, 0.25) is 0 Å². The lowest BCUT2D eigenvalue weighted by molar-refractivity contribution is 0.0897. The summed E-state index contributed by atoms with van der Waals surface area (Å²) in [6.07, 6.45) is 0. The van der Waals surface area contributed by atoms with Gasteiger partial charge in [0.25, 0.3) is 0 Å². The van der Waals surface area contributed by atoms with E-state index in [2.05, 4.69) is 4.98 Å². The van der Waals surface area contributed by atoms with Gasteiger partial charge < -0.3 is 14.2 Å². The van der Waals surface area contributed by atoms with Crippen LogP contribution in [0.3, 0.4) is 0 Å². The zero-order chi connectivity index (χ0) is 12.5. The second-order valence-corrected chi connectivity index (χ2v) is 6.03. The Balaban J connectivity index is 1.87. The third kappa shape index (κ3) is 2.26. The third-order valence-corrected chi connectivity index (χ3v) is 4.61. The van der Waals surface area contributed by atoms with Gasteiger partial charge in [-0.2, -0.15) is 0 Å². The number of anilines is 1. The van der Waals surface area contributed by atoms with Crippen molar-refractivity contribution in [3.05, 3.63) is 24.3 Å². The van der Waals surface area contributed by atoms with E-state index in [-0.39, 0.29) is 0 Å². The van der Waals surface area contributed by atoms with Crippen LogP contribution in [0.4, 0.5) is 5.13 Å². The average Bonchev–Trinajstić information content (AvgIpc) is 2.82. The van der Waals surface area contributed by atoms with Crippen LogP contribution in [-0.4, -0.2) is 38.9 Å². The maximum atomic E-state index is 10.9. The molecule has 3 rings (SSSR count). The van der Waals surface area contributed by atoms with Crippen LogP contribution in [0, 0.1) is 0 Å². The molecular formula is C11H11N2O3S2-. The van der Waals surface area contributed by atoms with Crippen LogP contribution in [0.15, 0.2) is 24.3 Å². The molecule has 18 heavy (non-hydrogen) atoms. The number of aromatic nitrogens is 1. The molecule has 0 radical (unpaired) electrons. The molecule has 0 aliphatic carbocycles. The predicted octanol–water partition coefficient (Wildman–Crippen LogP) is 1.34. The summed E-state index contributed by atoms with van der Waals surface area (Å²) in [7, 11) is 0. The van der Waals surface area contributed by atoms with E-state index >= 15 is 0 Å². The molecule has 96 valence electrons. The Morgan fingerprint density at radius 3 is 3.11 bits per heavy atom. The smallest absolute Gasteiger partial charge is 0.186 e. The van der Waals surface area contributed by atoms with Gasteiger partial charge in [0.05, 0.1) is 23.4 Å². The van der Waals surface area contributed by atoms with Crippen LogP contribution in [0.25, 0.3) is 10.2 Å². The lowest BCUT2D eigenvalue weighted by Crippen LogP contribution is -2.44. The summed E-state index contributed by atoms with van der Waals surface area (Å²) in [6.45, 7) is 1.43. The molecule has 0 saturated carbocycles. The molecule has 0 spiro atoms. The monoisotopic (exact) mass is 283 g/mol. The number of thiazole rings is 1. The van der Waals surface area contributed by atoms with Gasteiger partial charge in [-0.25, -0.2) is 4.98 Å². The number of morpholine rings is 1. The Morgan fingerprint density at radius 2 is 2.33 bits per heavy atom. The van der Waals surface area contributed by atoms with Gasteiger partial charge in [0.15, 0.2) is 5.13 Å². The number of hydrogen-bond acceptors (Lipinski definition) is 6. The minimum Gasteiger partial charge on any atom is -0.770 e. The van der Waals surface area contributed by atoms with Gasteiger partial charge in [0.1, 0.15) is 5.44 Å². The summed E-state index contributed by atoms with van der Waals surface area (Å²) in [5.41, 5.74) is 0.189.